The van der Waals surface area contributed by atoms with E-state index >= 15 is 0 Å². The van der Waals surface area contributed by atoms with Crippen LogP contribution in [0.15, 0.2) is 134 Å². The number of hydrogen-bond donors (Lipinski definition) is 7. The molecule has 8 aliphatic rings. The molecule has 29 heteroatoms. The van der Waals surface area contributed by atoms with Gasteiger partial charge in [0.25, 0.3) is 0 Å². The maximum atomic E-state index is 13.0. The second-order valence-electron chi connectivity index (χ2n) is 35.6. The molecule has 8 fully saturated rings. The summed E-state index contributed by atoms with van der Waals surface area (Å²) in [5.74, 6) is 2.63. The Morgan fingerprint density at radius 1 is 0.450 bits per heavy atom. The van der Waals surface area contributed by atoms with Crippen LogP contribution in [0.1, 0.15) is 119 Å². The molecule has 0 bridgehead atoms. The highest BCUT2D eigenvalue weighted by atomic mass is 35.5. The Hall–Kier alpha value is -7.37. The van der Waals surface area contributed by atoms with E-state index in [2.05, 4.69) is 99.4 Å². The van der Waals surface area contributed by atoms with E-state index in [9.17, 15) is 23.6 Å². The lowest BCUT2D eigenvalue weighted by Crippen LogP contribution is -2.44. The maximum absolute atomic E-state index is 13.0. The predicted molar refractivity (Wildman–Crippen MR) is 516 cm³/mol. The molecule has 0 unspecified atom stereocenters. The molecule has 8 aliphatic heterocycles. The summed E-state index contributed by atoms with van der Waals surface area (Å²) in [4.78, 5) is 71.1. The van der Waals surface area contributed by atoms with Gasteiger partial charge in [0.2, 0.25) is 0 Å². The van der Waals surface area contributed by atoms with E-state index in [1.807, 2.05) is 78.9 Å². The van der Waals surface area contributed by atoms with E-state index in [0.717, 1.165) is 242 Å². The van der Waals surface area contributed by atoms with Crippen LogP contribution in [0, 0.1) is 41.4 Å². The lowest BCUT2D eigenvalue weighted by molar-refractivity contribution is -0.123. The van der Waals surface area contributed by atoms with Gasteiger partial charge in [0.15, 0.2) is 0 Å². The number of rotatable bonds is 32. The van der Waals surface area contributed by atoms with E-state index in [1.165, 1.54) is 6.42 Å². The molecule has 4 aromatic carbocycles. The van der Waals surface area contributed by atoms with Gasteiger partial charge < -0.3 is 70.5 Å². The number of pyridine rings is 4. The van der Waals surface area contributed by atoms with Gasteiger partial charge in [0.05, 0.1) is 32.3 Å². The number of piperidine rings is 1. The Bertz CT molecular complexity index is 4980. The fourth-order valence-corrected chi connectivity index (χ4v) is 19.4. The zero-order chi connectivity index (χ0) is 90.4. The summed E-state index contributed by atoms with van der Waals surface area (Å²) < 4.78 is 45.7. The molecule has 0 amide bonds. The summed E-state index contributed by atoms with van der Waals surface area (Å²) in [7, 11) is 5.53. The minimum absolute atomic E-state index is 0.0209. The summed E-state index contributed by atoms with van der Waals surface area (Å²) in [6, 6.07) is 35.8. The molecule has 7 N–H and O–H groups in total. The van der Waals surface area contributed by atoms with Crippen molar-refractivity contribution in [3.05, 3.63) is 187 Å². The SMILES string of the molecule is CN1CCCC[C@@H](C(=O)Cc2cc(-c3cccc(NCC4CCOCC4)c3)c(Cl)cn2)C1.COC1(CNc2ccc(Cl)c(-c3cc(CC(=O)[C@@H]4CCCNC4)ncc3Cl)c2)CCOCC1.COC[C@H]1C[C@@H](C(=O)Cc2cc(-c3cc(NCC4CCOCC4)ccc3Cl)c(Cl)cn2)CN1.O=C(Cc1cc(-c2cccc(NCC3CCOCC3)c2)c(Cl)cn1)[C@H]1CN[C@@H](CF)C1. The van der Waals surface area contributed by atoms with E-state index in [4.69, 9.17) is 98.0 Å². The summed E-state index contributed by atoms with van der Waals surface area (Å²) in [6.07, 6.45) is 22.5. The highest BCUT2D eigenvalue weighted by Gasteiger charge is 2.35. The van der Waals surface area contributed by atoms with Crippen molar-refractivity contribution in [2.75, 3.05) is 174 Å². The Labute approximate surface area is 789 Å². The zero-order valence-corrected chi connectivity index (χ0v) is 79.0. The number of ketones is 4. The third kappa shape index (κ3) is 29.8. The molecule has 4 aromatic heterocycles. The molecule has 694 valence electrons. The number of likely N-dealkylation sites (tertiary alicyclic amines) is 1. The summed E-state index contributed by atoms with van der Waals surface area (Å²) in [6.45, 7) is 14.9. The first kappa shape index (κ1) is 99.1. The molecule has 6 atom stereocenters. The van der Waals surface area contributed by atoms with Crippen LogP contribution in [0.3, 0.4) is 0 Å². The Kier molecular flexibility index (Phi) is 38.9. The second kappa shape index (κ2) is 50.6. The number of alkyl halides is 1. The quantitative estimate of drug-likeness (QED) is 0.0207. The first-order valence-corrected chi connectivity index (χ1v) is 48.2. The Balaban J connectivity index is 0.000000147. The second-order valence-corrected chi connectivity index (χ2v) is 38.0. The number of nitrogens with one attached hydrogen (secondary N) is 7. The average molecular weight is 1890 g/mol. The van der Waals surface area contributed by atoms with Crippen molar-refractivity contribution in [1.29, 1.82) is 0 Å². The number of carbonyl (C=O) groups is 4. The van der Waals surface area contributed by atoms with Gasteiger partial charge in [-0.3, -0.25) is 39.1 Å². The number of halogens is 7. The highest BCUT2D eigenvalue weighted by molar-refractivity contribution is 6.37. The molecule has 0 radical (unpaired) electrons. The van der Waals surface area contributed by atoms with Crippen LogP contribution in [0.2, 0.25) is 30.1 Å². The third-order valence-electron chi connectivity index (χ3n) is 26.2. The van der Waals surface area contributed by atoms with Gasteiger partial charge in [-0.2, -0.15) is 0 Å². The Morgan fingerprint density at radius 3 is 1.29 bits per heavy atom. The minimum atomic E-state index is -0.438. The van der Waals surface area contributed by atoms with Crippen molar-refractivity contribution in [1.82, 2.24) is 40.8 Å². The van der Waals surface area contributed by atoms with E-state index < -0.39 is 6.67 Å². The first-order valence-electron chi connectivity index (χ1n) is 45.9. The van der Waals surface area contributed by atoms with Gasteiger partial charge in [0, 0.05) is 307 Å². The smallest absolute Gasteiger partial charge is 0.143 e. The number of nitrogens with zero attached hydrogens (tertiary/aromatic N) is 5. The predicted octanol–water partition coefficient (Wildman–Crippen LogP) is 18.8. The highest BCUT2D eigenvalue weighted by Crippen LogP contribution is 2.40. The van der Waals surface area contributed by atoms with E-state index in [-0.39, 0.29) is 77.3 Å². The number of benzene rings is 4. The van der Waals surface area contributed by atoms with Crippen LogP contribution in [0.5, 0.6) is 0 Å². The van der Waals surface area contributed by atoms with Crippen LogP contribution in [-0.4, -0.2) is 219 Å². The molecule has 8 saturated heterocycles. The Morgan fingerprint density at radius 2 is 0.853 bits per heavy atom. The fraction of sp³-hybridized carbons (Fsp3) is 0.520. The van der Waals surface area contributed by atoms with E-state index in [1.54, 1.807) is 39.0 Å². The van der Waals surface area contributed by atoms with Crippen LogP contribution in [0.25, 0.3) is 44.5 Å². The van der Waals surface area contributed by atoms with Crippen molar-refractivity contribution in [2.24, 2.45) is 41.4 Å². The molecule has 16 rings (SSSR count). The van der Waals surface area contributed by atoms with Crippen LogP contribution >= 0.6 is 69.6 Å². The topological polar surface area (TPSA) is 263 Å². The van der Waals surface area contributed by atoms with Gasteiger partial charge in [0.1, 0.15) is 29.8 Å². The molecule has 0 spiro atoms. The van der Waals surface area contributed by atoms with Crippen LogP contribution < -0.4 is 37.2 Å². The van der Waals surface area contributed by atoms with Gasteiger partial charge in [-0.05, 0) is 211 Å². The summed E-state index contributed by atoms with van der Waals surface area (Å²) in [5.41, 5.74) is 13.7. The van der Waals surface area contributed by atoms with Gasteiger partial charge in [-0.25, -0.2) is 4.39 Å². The van der Waals surface area contributed by atoms with Crippen molar-refractivity contribution in [3.63, 3.8) is 0 Å². The number of carbonyl (C=O) groups excluding carboxylic acids is 4. The number of anilines is 4. The monoisotopic (exact) mass is 1880 g/mol. The molecule has 129 heavy (non-hydrogen) atoms. The first-order chi connectivity index (χ1) is 62.7. The van der Waals surface area contributed by atoms with Crippen LogP contribution in [-0.2, 0) is 73.3 Å². The van der Waals surface area contributed by atoms with Gasteiger partial charge >= 0.3 is 0 Å². The zero-order valence-electron chi connectivity index (χ0n) is 74.4. The lowest BCUT2D eigenvalue weighted by atomic mass is 9.92. The molecule has 8 aromatic rings. The molecule has 0 aliphatic carbocycles. The third-order valence-corrected chi connectivity index (χ3v) is 28.0. The average Bonchev–Trinajstić information content (AvgIpc) is 1.25. The standard InChI is InChI=1S/C26H34ClN3O2.2C25H31Cl2N3O3.C24H29ClFN3O2/c1-30-10-3-2-5-21(18-30)26(31)15-23-14-24(25(27)17-29-23)20-6-4-7-22(13-20)28-16-19-8-11-32-12-9-19;1-32-15-20-8-17(13-29-20)25(31)11-19-10-22(24(27)14-30-19)21-9-18(2-3-23(21)26)28-12-16-4-6-33-7-5-16;1-32-25(6-9-33-10-7-25)16-30-18-4-5-22(26)20(11-18)21-12-19(29-15-23(21)27)13-24(31)17-3-2-8-28-14-17;25-23-15-29-20(11-24(30)18-9-21(12-26)28-14-18)10-22(23)17-2-1-3-19(8-17)27-13-16-4-6-31-7-5-16/h4,6-7,13-14,17,19,21,28H,2-3,5,8-12,15-16,18H2,1H3;2-3,9-10,14,16-17,20,28-29H,4-8,11-13,15H2,1H3;4-5,11-12,15,17,28,30H,2-3,6-10,13-14,16H2,1H3;1-3,8,10,15-16,18,21,27-28H,4-7,9,11-14H2/t21-;17-,20-;17-;18-,21-/m1111/s1. The minimum Gasteiger partial charge on any atom is -0.385 e. The van der Waals surface area contributed by atoms with Crippen molar-refractivity contribution >= 4 is 115 Å². The van der Waals surface area contributed by atoms with Crippen molar-refractivity contribution in [3.8, 4) is 44.5 Å². The van der Waals surface area contributed by atoms with E-state index in [0.29, 0.717) is 124 Å². The molecular formula is C100H125Cl6FN12O10. The van der Waals surface area contributed by atoms with Crippen molar-refractivity contribution < 1.29 is 52.0 Å². The largest absolute Gasteiger partial charge is 0.385 e. The van der Waals surface area contributed by atoms with Crippen molar-refractivity contribution in [2.45, 2.75) is 140 Å². The fourth-order valence-electron chi connectivity index (χ4n) is 18.1. The summed E-state index contributed by atoms with van der Waals surface area (Å²) in [5, 5.41) is 27.2. The number of methoxy groups -OCH3 is 2. The van der Waals surface area contributed by atoms with Gasteiger partial charge in [-0.1, -0.05) is 100 Å². The molecule has 0 saturated carbocycles. The normalized spacial score (nSPS) is 21.0. The molecule has 12 heterocycles. The molecular weight excluding hydrogens is 1760 g/mol. The molecule has 22 nitrogen and oxygen atoms in total. The number of hydrogen-bond acceptors (Lipinski definition) is 22. The van der Waals surface area contributed by atoms with Crippen LogP contribution in [0.4, 0.5) is 27.1 Å². The number of ether oxygens (including phenoxy) is 6. The number of Topliss-reactive ketones (excluding diaryl/α,β-unsaturated/α-hetero) is 4. The summed E-state index contributed by atoms with van der Waals surface area (Å²) >= 11 is 39.1. The lowest BCUT2D eigenvalue weighted by Gasteiger charge is -2.36. The maximum Gasteiger partial charge on any atom is 0.143 e. The van der Waals surface area contributed by atoms with Gasteiger partial charge in [-0.15, -0.1) is 0 Å². The number of aromatic nitrogens is 4.